The first-order valence-corrected chi connectivity index (χ1v) is 15.8. The van der Waals surface area contributed by atoms with E-state index in [4.69, 9.17) is 0 Å². The van der Waals surface area contributed by atoms with Gasteiger partial charge in [-0.05, 0) is 42.9 Å². The molecule has 2 aromatic rings. The minimum Gasteiger partial charge on any atom is -0.748 e. The molecule has 45 heavy (non-hydrogen) atoms. The second-order valence-electron chi connectivity index (χ2n) is 11.1. The van der Waals surface area contributed by atoms with Crippen LogP contribution in [0.4, 0.5) is 0 Å². The van der Waals surface area contributed by atoms with Crippen molar-refractivity contribution in [1.29, 1.82) is 0 Å². The molecular weight excluding hydrogens is 615 g/mol. The predicted molar refractivity (Wildman–Crippen MR) is 157 cm³/mol. The van der Waals surface area contributed by atoms with Crippen LogP contribution in [0, 0.1) is 17.8 Å². The summed E-state index contributed by atoms with van der Waals surface area (Å²) >= 11 is 0. The maximum Gasteiger partial charge on any atom is 1.00 e. The number of carbonyl (C=O) groups is 5. The number of nitrogens with one attached hydrogen (secondary N) is 3. The SMILES string of the molecule is CC(C)CC(C(=O)NC(Cc1ccccc1)C(=O)NCCCCS(=O)(=O)[O-])C(CN1C(=O)c2ccccc2C1=O)C(=O)NO.[Na+]. The van der Waals surface area contributed by atoms with E-state index in [-0.39, 0.29) is 78.8 Å². The molecular formula is C30H37N4NaO9S. The summed E-state index contributed by atoms with van der Waals surface area (Å²) in [5, 5.41) is 14.9. The van der Waals surface area contributed by atoms with E-state index in [1.54, 1.807) is 47.9 Å². The number of hydrogen-bond donors (Lipinski definition) is 4. The van der Waals surface area contributed by atoms with Gasteiger partial charge in [0.2, 0.25) is 17.7 Å². The first-order valence-electron chi connectivity index (χ1n) is 14.3. The van der Waals surface area contributed by atoms with E-state index in [1.165, 1.54) is 12.1 Å². The third kappa shape index (κ3) is 11.0. The smallest absolute Gasteiger partial charge is 0.748 e. The van der Waals surface area contributed by atoms with Crippen molar-refractivity contribution in [3.63, 3.8) is 0 Å². The van der Waals surface area contributed by atoms with Crippen LogP contribution in [0.1, 0.15) is 59.4 Å². The average Bonchev–Trinajstić information content (AvgIpc) is 3.22. The van der Waals surface area contributed by atoms with E-state index >= 15 is 0 Å². The van der Waals surface area contributed by atoms with Gasteiger partial charge in [0.1, 0.15) is 6.04 Å². The molecule has 238 valence electrons. The van der Waals surface area contributed by atoms with Gasteiger partial charge in [0, 0.05) is 25.3 Å². The molecule has 1 heterocycles. The molecule has 0 saturated carbocycles. The van der Waals surface area contributed by atoms with Gasteiger partial charge in [0.05, 0.1) is 33.1 Å². The molecule has 0 fully saturated rings. The standard InChI is InChI=1S/C30H38N4O9S.Na/c1-19(2)16-23(24(27(36)33-40)18-34-29(38)21-12-6-7-13-22(21)30(34)39)26(35)32-25(17-20-10-4-3-5-11-20)28(37)31-14-8-9-15-44(41,42)43;/h3-7,10-13,19,23-25,40H,8-9,14-18H2,1-2H3,(H,31,37)(H,32,35)(H,33,36)(H,41,42,43);/q;+1/p-1. The molecule has 0 bridgehead atoms. The van der Waals surface area contributed by atoms with E-state index < -0.39 is 69.8 Å². The Morgan fingerprint density at radius 2 is 1.44 bits per heavy atom. The molecule has 0 aromatic heterocycles. The molecule has 3 unspecified atom stereocenters. The van der Waals surface area contributed by atoms with Crippen molar-refractivity contribution in [1.82, 2.24) is 21.0 Å². The van der Waals surface area contributed by atoms with Crippen molar-refractivity contribution in [3.05, 3.63) is 71.3 Å². The maximum atomic E-state index is 13.8. The van der Waals surface area contributed by atoms with Crippen LogP contribution in [0.15, 0.2) is 54.6 Å². The fourth-order valence-corrected chi connectivity index (χ4v) is 5.67. The number of benzene rings is 2. The molecule has 5 amide bonds. The Kier molecular flexibility index (Phi) is 14.8. The Bertz CT molecular complexity index is 1440. The van der Waals surface area contributed by atoms with Crippen LogP contribution in [0.3, 0.4) is 0 Å². The van der Waals surface area contributed by atoms with Crippen molar-refractivity contribution in [3.8, 4) is 0 Å². The van der Waals surface area contributed by atoms with E-state index in [9.17, 15) is 42.2 Å². The molecule has 13 nitrogen and oxygen atoms in total. The predicted octanol–water partition coefficient (Wildman–Crippen LogP) is -1.76. The van der Waals surface area contributed by atoms with Crippen LogP contribution in [0.25, 0.3) is 0 Å². The number of imide groups is 1. The third-order valence-corrected chi connectivity index (χ3v) is 8.08. The monoisotopic (exact) mass is 652 g/mol. The molecule has 1 aliphatic rings. The second kappa shape index (κ2) is 17.5. The largest absolute Gasteiger partial charge is 1.00 e. The first kappa shape index (κ1) is 38.0. The van der Waals surface area contributed by atoms with Crippen LogP contribution in [0.2, 0.25) is 0 Å². The summed E-state index contributed by atoms with van der Waals surface area (Å²) in [5.41, 5.74) is 2.61. The molecule has 0 aliphatic carbocycles. The minimum absolute atomic E-state index is 0. The average molecular weight is 653 g/mol. The molecule has 3 atom stereocenters. The van der Waals surface area contributed by atoms with Gasteiger partial charge in [-0.15, -0.1) is 0 Å². The fourth-order valence-electron chi connectivity index (χ4n) is 5.12. The van der Waals surface area contributed by atoms with Crippen molar-refractivity contribution < 1.29 is 71.7 Å². The van der Waals surface area contributed by atoms with Crippen molar-refractivity contribution >= 4 is 39.7 Å². The molecule has 4 N–H and O–H groups in total. The zero-order chi connectivity index (χ0) is 32.4. The first-order chi connectivity index (χ1) is 20.8. The Labute approximate surface area is 284 Å². The summed E-state index contributed by atoms with van der Waals surface area (Å²) in [5.74, 6) is -6.70. The topological polar surface area (TPSA) is 202 Å². The number of fused-ring (bicyclic) bond motifs is 1. The van der Waals surface area contributed by atoms with Gasteiger partial charge in [0.15, 0.2) is 0 Å². The van der Waals surface area contributed by atoms with Gasteiger partial charge in [-0.25, -0.2) is 13.9 Å². The molecule has 0 spiro atoms. The zero-order valence-electron chi connectivity index (χ0n) is 25.5. The minimum atomic E-state index is -4.38. The zero-order valence-corrected chi connectivity index (χ0v) is 28.3. The summed E-state index contributed by atoms with van der Waals surface area (Å²) in [6.07, 6.45) is 0.468. The van der Waals surface area contributed by atoms with E-state index in [0.717, 1.165) is 10.5 Å². The normalized spacial score (nSPS) is 14.6. The van der Waals surface area contributed by atoms with Gasteiger partial charge in [0.25, 0.3) is 11.8 Å². The Balaban J connectivity index is 0.00000705. The van der Waals surface area contributed by atoms with Crippen LogP contribution in [-0.4, -0.2) is 77.5 Å². The summed E-state index contributed by atoms with van der Waals surface area (Å²) in [6, 6.07) is 13.9. The van der Waals surface area contributed by atoms with Gasteiger partial charge < -0.3 is 15.2 Å². The number of nitrogens with zero attached hydrogens (tertiary/aromatic N) is 1. The quantitative estimate of drug-likeness (QED) is 0.0405. The summed E-state index contributed by atoms with van der Waals surface area (Å²) in [7, 11) is -4.38. The van der Waals surface area contributed by atoms with Crippen LogP contribution >= 0.6 is 0 Å². The van der Waals surface area contributed by atoms with Crippen LogP contribution < -0.4 is 45.7 Å². The molecule has 0 radical (unpaired) electrons. The van der Waals surface area contributed by atoms with Crippen molar-refractivity contribution in [2.75, 3.05) is 18.8 Å². The van der Waals surface area contributed by atoms with Crippen LogP contribution in [-0.2, 0) is 30.9 Å². The van der Waals surface area contributed by atoms with Gasteiger partial charge in [-0.2, -0.15) is 0 Å². The Morgan fingerprint density at radius 3 is 1.98 bits per heavy atom. The number of hydroxylamine groups is 1. The van der Waals surface area contributed by atoms with Crippen LogP contribution in [0.5, 0.6) is 0 Å². The second-order valence-corrected chi connectivity index (χ2v) is 12.6. The van der Waals surface area contributed by atoms with E-state index in [1.807, 2.05) is 13.8 Å². The number of carbonyl (C=O) groups excluding carboxylic acids is 5. The molecule has 0 saturated heterocycles. The van der Waals surface area contributed by atoms with Crippen molar-refractivity contribution in [2.24, 2.45) is 17.8 Å². The number of amides is 5. The van der Waals surface area contributed by atoms with Crippen molar-refractivity contribution in [2.45, 2.75) is 45.6 Å². The van der Waals surface area contributed by atoms with E-state index in [2.05, 4.69) is 10.6 Å². The van der Waals surface area contributed by atoms with Gasteiger partial charge in [-0.1, -0.05) is 56.3 Å². The number of hydrogen-bond acceptors (Lipinski definition) is 9. The molecule has 1 aliphatic heterocycles. The molecule has 15 heteroatoms. The number of rotatable bonds is 16. The van der Waals surface area contributed by atoms with Gasteiger partial charge >= 0.3 is 29.6 Å². The Hall–Kier alpha value is -3.14. The summed E-state index contributed by atoms with van der Waals surface area (Å²) in [6.45, 7) is 3.20. The molecule has 2 aromatic carbocycles. The maximum absolute atomic E-state index is 13.8. The summed E-state index contributed by atoms with van der Waals surface area (Å²) in [4.78, 5) is 67.0. The number of unbranched alkanes of at least 4 members (excludes halogenated alkanes) is 1. The third-order valence-electron chi connectivity index (χ3n) is 7.29. The van der Waals surface area contributed by atoms with Gasteiger partial charge in [-0.3, -0.25) is 34.1 Å². The Morgan fingerprint density at radius 1 is 0.867 bits per heavy atom. The summed E-state index contributed by atoms with van der Waals surface area (Å²) < 4.78 is 32.6. The molecule has 3 rings (SSSR count). The van der Waals surface area contributed by atoms with E-state index in [0.29, 0.717) is 0 Å². The fraction of sp³-hybridized carbons (Fsp3) is 0.433.